The van der Waals surface area contributed by atoms with Crippen LogP contribution in [0.3, 0.4) is 0 Å². The Morgan fingerprint density at radius 1 is 1.41 bits per heavy atom. The van der Waals surface area contributed by atoms with E-state index in [1.807, 2.05) is 12.5 Å². The fourth-order valence-corrected chi connectivity index (χ4v) is 4.92. The van der Waals surface area contributed by atoms with Crippen molar-refractivity contribution in [2.45, 2.75) is 51.0 Å². The highest BCUT2D eigenvalue weighted by Gasteiger charge is 2.40. The highest BCUT2D eigenvalue weighted by atomic mass is 35.5. The van der Waals surface area contributed by atoms with Gasteiger partial charge in [0, 0.05) is 24.0 Å². The van der Waals surface area contributed by atoms with Crippen LogP contribution in [-0.4, -0.2) is 9.55 Å². The van der Waals surface area contributed by atoms with Gasteiger partial charge >= 0.3 is 0 Å². The summed E-state index contributed by atoms with van der Waals surface area (Å²) in [5.41, 5.74) is 4.87. The predicted molar refractivity (Wildman–Crippen MR) is 93.0 cm³/mol. The van der Waals surface area contributed by atoms with Crippen molar-refractivity contribution in [3.8, 4) is 0 Å². The van der Waals surface area contributed by atoms with E-state index in [1.54, 1.807) is 5.56 Å². The molecular weight excluding hydrogens is 315 g/mol. The summed E-state index contributed by atoms with van der Waals surface area (Å²) in [5.74, 6) is 0.698. The molecule has 0 saturated carbocycles. The molecule has 0 aliphatic heterocycles. The van der Waals surface area contributed by atoms with Crippen LogP contribution in [0.25, 0.3) is 0 Å². The topological polar surface area (TPSA) is 17.8 Å². The minimum absolute atomic E-state index is 0. The van der Waals surface area contributed by atoms with Gasteiger partial charge in [-0.1, -0.05) is 24.6 Å². The highest BCUT2D eigenvalue weighted by Crippen LogP contribution is 2.49. The van der Waals surface area contributed by atoms with Crippen LogP contribution in [0.2, 0.25) is 5.02 Å². The second-order valence-corrected chi connectivity index (χ2v) is 7.42. The smallest absolute Gasteiger partial charge is 0.0945 e. The normalized spacial score (nSPS) is 26.2. The first-order valence-corrected chi connectivity index (χ1v) is 8.30. The van der Waals surface area contributed by atoms with Crippen LogP contribution >= 0.6 is 24.0 Å². The first kappa shape index (κ1) is 15.9. The molecule has 0 radical (unpaired) electrons. The molecule has 0 fully saturated rings. The first-order chi connectivity index (χ1) is 10.2. The number of nitrogens with zero attached hydrogens (tertiary/aromatic N) is 2. The minimum Gasteiger partial charge on any atom is -0.337 e. The molecule has 118 valence electrons. The van der Waals surface area contributed by atoms with Crippen LogP contribution in [-0.2, 0) is 24.8 Å². The summed E-state index contributed by atoms with van der Waals surface area (Å²) in [5, 5.41) is 0.979. The molecule has 0 spiro atoms. The summed E-state index contributed by atoms with van der Waals surface area (Å²) in [6.45, 7) is 3.53. The van der Waals surface area contributed by atoms with E-state index in [0.29, 0.717) is 11.3 Å². The van der Waals surface area contributed by atoms with Crippen molar-refractivity contribution in [2.75, 3.05) is 0 Å². The second kappa shape index (κ2) is 5.90. The molecule has 2 aliphatic rings. The van der Waals surface area contributed by atoms with E-state index in [1.165, 1.54) is 36.8 Å². The van der Waals surface area contributed by atoms with Crippen molar-refractivity contribution in [2.24, 2.45) is 5.92 Å². The molecule has 2 unspecified atom stereocenters. The van der Waals surface area contributed by atoms with Gasteiger partial charge in [0.05, 0.1) is 6.33 Å². The van der Waals surface area contributed by atoms with Gasteiger partial charge in [0.2, 0.25) is 0 Å². The third kappa shape index (κ3) is 2.57. The van der Waals surface area contributed by atoms with E-state index >= 15 is 0 Å². The van der Waals surface area contributed by atoms with Gasteiger partial charge < -0.3 is 4.57 Å². The molecule has 1 heterocycles. The van der Waals surface area contributed by atoms with Crippen LogP contribution in [0, 0.1) is 5.92 Å². The molecule has 1 aromatic heterocycles. The van der Waals surface area contributed by atoms with Crippen LogP contribution in [0.4, 0.5) is 0 Å². The Morgan fingerprint density at radius 2 is 2.27 bits per heavy atom. The van der Waals surface area contributed by atoms with E-state index in [0.717, 1.165) is 18.0 Å². The van der Waals surface area contributed by atoms with Gasteiger partial charge in [-0.3, -0.25) is 0 Å². The largest absolute Gasteiger partial charge is 0.337 e. The Labute approximate surface area is 143 Å². The SMILES string of the molecule is CC12CCCc3c(Cl)ccc(c31)CC(Cn1ccnc1)C2.Cl. The summed E-state index contributed by atoms with van der Waals surface area (Å²) in [4.78, 5) is 4.17. The number of hydrogen-bond acceptors (Lipinski definition) is 1. The maximum absolute atomic E-state index is 6.46. The Balaban J connectivity index is 0.00000144. The van der Waals surface area contributed by atoms with Gasteiger partial charge in [-0.15, -0.1) is 12.4 Å². The van der Waals surface area contributed by atoms with Crippen molar-refractivity contribution < 1.29 is 0 Å². The van der Waals surface area contributed by atoms with Crippen molar-refractivity contribution >= 4 is 24.0 Å². The van der Waals surface area contributed by atoms with Gasteiger partial charge in [0.1, 0.15) is 0 Å². The van der Waals surface area contributed by atoms with Gasteiger partial charge in [-0.2, -0.15) is 0 Å². The number of halogens is 2. The summed E-state index contributed by atoms with van der Waals surface area (Å²) < 4.78 is 2.22. The monoisotopic (exact) mass is 336 g/mol. The molecule has 0 bridgehead atoms. The highest BCUT2D eigenvalue weighted by molar-refractivity contribution is 6.31. The Morgan fingerprint density at radius 3 is 3.05 bits per heavy atom. The molecule has 1 aromatic carbocycles. The number of rotatable bonds is 2. The van der Waals surface area contributed by atoms with Crippen LogP contribution < -0.4 is 0 Å². The Hall–Kier alpha value is -0.990. The molecule has 2 atom stereocenters. The standard InChI is InChI=1S/C18H21ClN2.ClH/c1-18-6-2-3-15-16(19)5-4-14(17(15)18)9-13(10-18)11-21-8-7-20-12-21;/h4-5,7-8,12-13H,2-3,6,9-11H2,1H3;1H. The maximum Gasteiger partial charge on any atom is 0.0945 e. The summed E-state index contributed by atoms with van der Waals surface area (Å²) in [7, 11) is 0. The van der Waals surface area contributed by atoms with E-state index in [2.05, 4.69) is 34.8 Å². The lowest BCUT2D eigenvalue weighted by molar-refractivity contribution is 0.251. The molecule has 4 rings (SSSR count). The van der Waals surface area contributed by atoms with E-state index in [9.17, 15) is 0 Å². The third-order valence-corrected chi connectivity index (χ3v) is 5.73. The lowest BCUT2D eigenvalue weighted by Crippen LogP contribution is -2.37. The van der Waals surface area contributed by atoms with Crippen LogP contribution in [0.1, 0.15) is 42.9 Å². The Kier molecular flexibility index (Phi) is 4.26. The fraction of sp³-hybridized carbons (Fsp3) is 0.500. The lowest BCUT2D eigenvalue weighted by Gasteiger charge is -2.44. The Bertz CT molecular complexity index is 666. The van der Waals surface area contributed by atoms with Crippen molar-refractivity contribution in [3.63, 3.8) is 0 Å². The molecular formula is C18H22Cl2N2. The molecule has 0 N–H and O–H groups in total. The van der Waals surface area contributed by atoms with Crippen LogP contribution in [0.15, 0.2) is 30.9 Å². The molecule has 0 amide bonds. The number of aromatic nitrogens is 2. The summed E-state index contributed by atoms with van der Waals surface area (Å²) in [6, 6.07) is 4.38. The van der Waals surface area contributed by atoms with E-state index in [4.69, 9.17) is 11.6 Å². The second-order valence-electron chi connectivity index (χ2n) is 7.01. The average Bonchev–Trinajstić information content (AvgIpc) is 2.94. The molecule has 2 aromatic rings. The van der Waals surface area contributed by atoms with Crippen molar-refractivity contribution in [1.29, 1.82) is 0 Å². The molecule has 22 heavy (non-hydrogen) atoms. The maximum atomic E-state index is 6.46. The van der Waals surface area contributed by atoms with Gasteiger partial charge in [-0.25, -0.2) is 4.98 Å². The first-order valence-electron chi connectivity index (χ1n) is 7.92. The van der Waals surface area contributed by atoms with Crippen LogP contribution in [0.5, 0.6) is 0 Å². The minimum atomic E-state index is 0. The van der Waals surface area contributed by atoms with Gasteiger partial charge in [0.15, 0.2) is 0 Å². The zero-order chi connectivity index (χ0) is 14.4. The zero-order valence-corrected chi connectivity index (χ0v) is 14.5. The predicted octanol–water partition coefficient (Wildman–Crippen LogP) is 4.81. The lowest BCUT2D eigenvalue weighted by atomic mass is 9.61. The van der Waals surface area contributed by atoms with Gasteiger partial charge in [0.25, 0.3) is 0 Å². The quantitative estimate of drug-likeness (QED) is 0.769. The van der Waals surface area contributed by atoms with Crippen molar-refractivity contribution in [3.05, 3.63) is 52.6 Å². The zero-order valence-electron chi connectivity index (χ0n) is 12.9. The van der Waals surface area contributed by atoms with E-state index in [-0.39, 0.29) is 12.4 Å². The number of imidazole rings is 1. The van der Waals surface area contributed by atoms with E-state index < -0.39 is 0 Å². The summed E-state index contributed by atoms with van der Waals surface area (Å²) in [6.07, 6.45) is 12.1. The fourth-order valence-electron chi connectivity index (χ4n) is 4.66. The number of hydrogen-bond donors (Lipinski definition) is 0. The molecule has 0 saturated heterocycles. The number of benzene rings is 1. The molecule has 2 aliphatic carbocycles. The average molecular weight is 337 g/mol. The van der Waals surface area contributed by atoms with Crippen molar-refractivity contribution in [1.82, 2.24) is 9.55 Å². The molecule has 4 heteroatoms. The summed E-state index contributed by atoms with van der Waals surface area (Å²) >= 11 is 6.46. The third-order valence-electron chi connectivity index (χ3n) is 5.38. The molecule has 2 nitrogen and oxygen atoms in total. The van der Waals surface area contributed by atoms with Gasteiger partial charge in [-0.05, 0) is 66.2 Å².